The number of nitrogens with zero attached hydrogens (tertiary/aromatic N) is 2. The Labute approximate surface area is 142 Å². The van der Waals surface area contributed by atoms with Crippen LogP contribution in [0.4, 0.5) is 0 Å². The van der Waals surface area contributed by atoms with Gasteiger partial charge in [0.25, 0.3) is 0 Å². The number of imidazole rings is 1. The third kappa shape index (κ3) is 4.39. The van der Waals surface area contributed by atoms with Gasteiger partial charge in [-0.15, -0.1) is 0 Å². The summed E-state index contributed by atoms with van der Waals surface area (Å²) in [5.41, 5.74) is 0.725. The monoisotopic (exact) mass is 362 g/mol. The van der Waals surface area contributed by atoms with E-state index in [0.29, 0.717) is 28.0 Å². The first-order valence-electron chi connectivity index (χ1n) is 6.31. The fourth-order valence-corrected chi connectivity index (χ4v) is 4.19. The van der Waals surface area contributed by atoms with Gasteiger partial charge in [0.05, 0.1) is 11.6 Å². The minimum Gasteiger partial charge on any atom is -0.336 e. The van der Waals surface area contributed by atoms with Crippen molar-refractivity contribution in [3.8, 4) is 0 Å². The maximum atomic E-state index is 11.8. The zero-order valence-electron chi connectivity index (χ0n) is 11.2. The molecule has 0 N–H and O–H groups in total. The van der Waals surface area contributed by atoms with E-state index in [4.69, 9.17) is 34.8 Å². The average molecular weight is 364 g/mol. The first-order valence-corrected chi connectivity index (χ1v) is 8.32. The summed E-state index contributed by atoms with van der Waals surface area (Å²) in [6.07, 6.45) is 5.67. The Morgan fingerprint density at radius 3 is 2.52 bits per heavy atom. The van der Waals surface area contributed by atoms with Crippen LogP contribution in [0.2, 0.25) is 15.1 Å². The number of halogens is 3. The van der Waals surface area contributed by atoms with Crippen molar-refractivity contribution in [2.75, 3.05) is 0 Å². The van der Waals surface area contributed by atoms with Crippen molar-refractivity contribution in [1.29, 1.82) is 0 Å². The van der Waals surface area contributed by atoms with Crippen molar-refractivity contribution in [3.63, 3.8) is 0 Å². The zero-order valence-corrected chi connectivity index (χ0v) is 14.3. The highest BCUT2D eigenvalue weighted by atomic mass is 35.5. The molecule has 0 spiro atoms. The van der Waals surface area contributed by atoms with Crippen molar-refractivity contribution in [2.45, 2.75) is 25.1 Å². The van der Waals surface area contributed by atoms with Gasteiger partial charge in [0.2, 0.25) is 0 Å². The van der Waals surface area contributed by atoms with E-state index in [-0.39, 0.29) is 10.4 Å². The minimum absolute atomic E-state index is 0.0854. The first-order chi connectivity index (χ1) is 10.0. The number of thioether (sulfide) groups is 1. The van der Waals surface area contributed by atoms with Crippen molar-refractivity contribution < 1.29 is 4.79 Å². The summed E-state index contributed by atoms with van der Waals surface area (Å²) in [7, 11) is 0. The van der Waals surface area contributed by atoms with E-state index in [0.717, 1.165) is 5.56 Å². The van der Waals surface area contributed by atoms with Crippen LogP contribution < -0.4 is 0 Å². The fraction of sp³-hybridized carbons (Fsp3) is 0.286. The first kappa shape index (κ1) is 16.7. The van der Waals surface area contributed by atoms with Crippen molar-refractivity contribution in [2.24, 2.45) is 0 Å². The molecule has 0 saturated heterocycles. The molecule has 0 radical (unpaired) electrons. The van der Waals surface area contributed by atoms with Gasteiger partial charge >= 0.3 is 0 Å². The van der Waals surface area contributed by atoms with Crippen LogP contribution in [0.1, 0.15) is 24.2 Å². The van der Waals surface area contributed by atoms with Gasteiger partial charge in [-0.3, -0.25) is 4.79 Å². The lowest BCUT2D eigenvalue weighted by Crippen LogP contribution is -2.09. The molecule has 1 unspecified atom stereocenters. The summed E-state index contributed by atoms with van der Waals surface area (Å²) < 4.78 is 1.89. The lowest BCUT2D eigenvalue weighted by Gasteiger charge is -2.19. The lowest BCUT2D eigenvalue weighted by molar-refractivity contribution is -0.110. The Bertz CT molecular complexity index is 608. The number of hydrogen-bond donors (Lipinski definition) is 0. The van der Waals surface area contributed by atoms with E-state index in [9.17, 15) is 4.79 Å². The van der Waals surface area contributed by atoms with Gasteiger partial charge < -0.3 is 4.57 Å². The predicted octanol–water partition coefficient (Wildman–Crippen LogP) is 5.25. The third-order valence-electron chi connectivity index (χ3n) is 2.86. The van der Waals surface area contributed by atoms with E-state index in [1.165, 1.54) is 11.8 Å². The van der Waals surface area contributed by atoms with E-state index in [1.54, 1.807) is 24.7 Å². The van der Waals surface area contributed by atoms with Gasteiger partial charge in [0.1, 0.15) is 0 Å². The number of rotatable bonds is 5. The molecule has 1 aromatic carbocycles. The predicted molar refractivity (Wildman–Crippen MR) is 89.3 cm³/mol. The molecule has 7 heteroatoms. The highest BCUT2D eigenvalue weighted by molar-refractivity contribution is 8.13. The van der Waals surface area contributed by atoms with E-state index >= 15 is 0 Å². The maximum Gasteiger partial charge on any atom is 0.189 e. The second-order valence-electron chi connectivity index (χ2n) is 4.37. The Morgan fingerprint density at radius 2 is 2.00 bits per heavy atom. The summed E-state index contributed by atoms with van der Waals surface area (Å²) >= 11 is 19.7. The van der Waals surface area contributed by atoms with Gasteiger partial charge in [-0.2, -0.15) is 0 Å². The van der Waals surface area contributed by atoms with Gasteiger partial charge in [-0.05, 0) is 12.1 Å². The molecule has 1 atom stereocenters. The molecule has 0 aliphatic carbocycles. The van der Waals surface area contributed by atoms with Crippen LogP contribution in [0.3, 0.4) is 0 Å². The third-order valence-corrected chi connectivity index (χ3v) is 4.93. The van der Waals surface area contributed by atoms with Crippen molar-refractivity contribution >= 4 is 51.7 Å². The Balaban J connectivity index is 2.36. The van der Waals surface area contributed by atoms with Crippen molar-refractivity contribution in [1.82, 2.24) is 9.55 Å². The Hall–Kier alpha value is -0.680. The van der Waals surface area contributed by atoms with Crippen molar-refractivity contribution in [3.05, 3.63) is 51.5 Å². The second kappa shape index (κ2) is 7.54. The Kier molecular flexibility index (Phi) is 5.99. The zero-order chi connectivity index (χ0) is 15.4. The van der Waals surface area contributed by atoms with Gasteiger partial charge in [-0.25, -0.2) is 4.98 Å². The molecule has 21 heavy (non-hydrogen) atoms. The quantitative estimate of drug-likeness (QED) is 0.727. The molecular weight excluding hydrogens is 351 g/mol. The molecule has 1 aromatic heterocycles. The molecule has 3 nitrogen and oxygen atoms in total. The fourth-order valence-electron chi connectivity index (χ4n) is 1.88. The minimum atomic E-state index is -0.191. The van der Waals surface area contributed by atoms with Crippen LogP contribution in [0, 0.1) is 0 Å². The van der Waals surface area contributed by atoms with Crippen LogP contribution in [0.5, 0.6) is 0 Å². The highest BCUT2D eigenvalue weighted by Gasteiger charge is 2.22. The number of carbonyl (C=O) groups excluding carboxylic acids is 1. The van der Waals surface area contributed by atoms with E-state index < -0.39 is 0 Å². The molecular formula is C14H13Cl3N2OS. The van der Waals surface area contributed by atoms with Crippen LogP contribution in [0.25, 0.3) is 0 Å². The SMILES string of the molecule is CCC(=O)SC(Cn1ccnc1)c1c(Cl)cc(Cl)cc1Cl. The molecule has 2 aromatic rings. The summed E-state index contributed by atoms with van der Waals surface area (Å²) in [5, 5.41) is 1.30. The molecule has 0 fully saturated rings. The summed E-state index contributed by atoms with van der Waals surface area (Å²) in [6.45, 7) is 2.38. The standard InChI is InChI=1S/C14H13Cl3N2OS/c1-2-13(20)21-12(7-19-4-3-18-8-19)14-10(16)5-9(15)6-11(14)17/h3-6,8,12H,2,7H2,1H3. The second-order valence-corrected chi connectivity index (χ2v) is 6.89. The summed E-state index contributed by atoms with van der Waals surface area (Å²) in [6, 6.07) is 3.28. The van der Waals surface area contributed by atoms with Gasteiger partial charge in [-0.1, -0.05) is 53.5 Å². The van der Waals surface area contributed by atoms with Crippen LogP contribution in [0.15, 0.2) is 30.9 Å². The normalized spacial score (nSPS) is 12.4. The molecule has 0 saturated carbocycles. The molecule has 0 bridgehead atoms. The molecule has 2 rings (SSSR count). The lowest BCUT2D eigenvalue weighted by atomic mass is 10.1. The number of carbonyl (C=O) groups is 1. The van der Waals surface area contributed by atoms with E-state index in [2.05, 4.69) is 4.98 Å². The summed E-state index contributed by atoms with van der Waals surface area (Å²) in [4.78, 5) is 15.8. The number of hydrogen-bond acceptors (Lipinski definition) is 3. The topological polar surface area (TPSA) is 34.9 Å². The van der Waals surface area contributed by atoms with Gasteiger partial charge in [0, 0.05) is 46.0 Å². The number of benzene rings is 1. The molecule has 0 aliphatic rings. The largest absolute Gasteiger partial charge is 0.336 e. The Morgan fingerprint density at radius 1 is 1.33 bits per heavy atom. The maximum absolute atomic E-state index is 11.8. The smallest absolute Gasteiger partial charge is 0.189 e. The summed E-state index contributed by atoms with van der Waals surface area (Å²) in [5.74, 6) is 0. The molecule has 112 valence electrons. The van der Waals surface area contributed by atoms with Crippen LogP contribution >= 0.6 is 46.6 Å². The molecule has 1 heterocycles. The van der Waals surface area contributed by atoms with Gasteiger partial charge in [0.15, 0.2) is 5.12 Å². The van der Waals surface area contributed by atoms with Crippen LogP contribution in [-0.2, 0) is 11.3 Å². The van der Waals surface area contributed by atoms with Crippen LogP contribution in [-0.4, -0.2) is 14.7 Å². The number of aromatic nitrogens is 2. The average Bonchev–Trinajstić information content (AvgIpc) is 2.90. The highest BCUT2D eigenvalue weighted by Crippen LogP contribution is 2.41. The van der Waals surface area contributed by atoms with E-state index in [1.807, 2.05) is 17.7 Å². The molecule has 0 aliphatic heterocycles. The molecule has 0 amide bonds.